The standard InChI is InChI=1S/C22H29N7O3S/c30-29(31)18-6-4-16(5-7-18)15-33-22-25-21-24-20-17(14-28(21)26-22)2-1-3-19(20)23-8-9-27-10-12-32-13-11-27/h4-7,19,23H,1-3,8-15H2,(H,24,25,26). The first-order chi connectivity index (χ1) is 16.2. The number of hydrogen-bond donors (Lipinski definition) is 2. The Morgan fingerprint density at radius 3 is 2.88 bits per heavy atom. The molecule has 1 saturated heterocycles. The SMILES string of the molecule is O=[N+]([O-])c1ccc(CSc2nc3n(n2)CC2=C(N3)C(NCCN3CCOCC3)CCC2)cc1. The van der Waals surface area contributed by atoms with Crippen LogP contribution in [0.25, 0.3) is 0 Å². The van der Waals surface area contributed by atoms with E-state index in [0.29, 0.717) is 17.0 Å². The van der Waals surface area contributed by atoms with Gasteiger partial charge in [0.15, 0.2) is 0 Å². The van der Waals surface area contributed by atoms with Crippen molar-refractivity contribution in [1.82, 2.24) is 25.0 Å². The van der Waals surface area contributed by atoms with Crippen LogP contribution in [0.4, 0.5) is 11.6 Å². The average Bonchev–Trinajstić information content (AvgIpc) is 3.24. The third kappa shape index (κ3) is 5.37. The smallest absolute Gasteiger partial charge is 0.269 e. The van der Waals surface area contributed by atoms with Gasteiger partial charge in [-0.1, -0.05) is 23.9 Å². The quantitative estimate of drug-likeness (QED) is 0.341. The number of aromatic nitrogens is 3. The minimum absolute atomic E-state index is 0.105. The van der Waals surface area contributed by atoms with Gasteiger partial charge >= 0.3 is 0 Å². The van der Waals surface area contributed by atoms with E-state index in [0.717, 1.165) is 70.3 Å². The van der Waals surface area contributed by atoms with Gasteiger partial charge in [-0.05, 0) is 30.4 Å². The van der Waals surface area contributed by atoms with Crippen molar-refractivity contribution in [3.63, 3.8) is 0 Å². The Labute approximate surface area is 196 Å². The number of benzene rings is 1. The molecule has 1 aliphatic carbocycles. The van der Waals surface area contributed by atoms with Crippen molar-refractivity contribution in [3.05, 3.63) is 51.2 Å². The molecule has 0 amide bonds. The molecule has 3 heterocycles. The van der Waals surface area contributed by atoms with Crippen LogP contribution in [0.1, 0.15) is 24.8 Å². The van der Waals surface area contributed by atoms with E-state index in [2.05, 4.69) is 20.6 Å². The number of nitro benzene ring substituents is 1. The summed E-state index contributed by atoms with van der Waals surface area (Å²) in [5.74, 6) is 1.46. The highest BCUT2D eigenvalue weighted by molar-refractivity contribution is 7.98. The van der Waals surface area contributed by atoms with E-state index in [1.165, 1.54) is 29.8 Å². The van der Waals surface area contributed by atoms with Crippen molar-refractivity contribution in [2.24, 2.45) is 0 Å². The minimum atomic E-state index is -0.382. The Balaban J connectivity index is 1.17. The summed E-state index contributed by atoms with van der Waals surface area (Å²) in [6.45, 7) is 6.49. The summed E-state index contributed by atoms with van der Waals surface area (Å²) in [4.78, 5) is 17.6. The molecular weight excluding hydrogens is 442 g/mol. The average molecular weight is 472 g/mol. The van der Waals surface area contributed by atoms with E-state index in [1.54, 1.807) is 23.9 Å². The number of ether oxygens (including phenoxy) is 1. The van der Waals surface area contributed by atoms with E-state index in [9.17, 15) is 10.1 Å². The molecule has 1 aromatic heterocycles. The second kappa shape index (κ2) is 10.2. The van der Waals surface area contributed by atoms with Crippen molar-refractivity contribution < 1.29 is 9.66 Å². The molecule has 11 heteroatoms. The maximum absolute atomic E-state index is 10.8. The molecule has 0 saturated carbocycles. The summed E-state index contributed by atoms with van der Waals surface area (Å²) >= 11 is 1.54. The molecule has 0 radical (unpaired) electrons. The number of non-ortho nitro benzene ring substituents is 1. The van der Waals surface area contributed by atoms with Crippen LogP contribution in [0.2, 0.25) is 0 Å². The first-order valence-electron chi connectivity index (χ1n) is 11.5. The topological polar surface area (TPSA) is 110 Å². The summed E-state index contributed by atoms with van der Waals surface area (Å²) in [7, 11) is 0. The molecular formula is C22H29N7O3S. The Kier molecular flexibility index (Phi) is 6.91. The fraction of sp³-hybridized carbons (Fsp3) is 0.545. The summed E-state index contributed by atoms with van der Waals surface area (Å²) < 4.78 is 7.39. The molecule has 0 bridgehead atoms. The van der Waals surface area contributed by atoms with E-state index in [-0.39, 0.29) is 10.6 Å². The normalized spacial score (nSPS) is 20.8. The van der Waals surface area contributed by atoms with E-state index in [1.807, 2.05) is 4.68 Å². The Morgan fingerprint density at radius 2 is 2.09 bits per heavy atom. The monoisotopic (exact) mass is 471 g/mol. The zero-order valence-corrected chi connectivity index (χ0v) is 19.4. The van der Waals surface area contributed by atoms with Crippen LogP contribution in [0.5, 0.6) is 0 Å². The lowest BCUT2D eigenvalue weighted by atomic mass is 9.91. The Morgan fingerprint density at radius 1 is 1.27 bits per heavy atom. The zero-order chi connectivity index (χ0) is 22.6. The van der Waals surface area contributed by atoms with Gasteiger partial charge in [0.05, 0.1) is 24.7 Å². The van der Waals surface area contributed by atoms with E-state index >= 15 is 0 Å². The van der Waals surface area contributed by atoms with Crippen molar-refractivity contribution in [2.75, 3.05) is 44.7 Å². The first kappa shape index (κ1) is 22.3. The number of morpholine rings is 1. The van der Waals surface area contributed by atoms with Gasteiger partial charge in [0.2, 0.25) is 11.1 Å². The number of allylic oxidation sites excluding steroid dienone is 1. The third-order valence-corrected chi connectivity index (χ3v) is 7.29. The number of hydrogen-bond acceptors (Lipinski definition) is 9. The third-order valence-electron chi connectivity index (χ3n) is 6.38. The first-order valence-corrected chi connectivity index (χ1v) is 12.5. The lowest BCUT2D eigenvalue weighted by Crippen LogP contribution is -2.45. The highest BCUT2D eigenvalue weighted by atomic mass is 32.2. The predicted octanol–water partition coefficient (Wildman–Crippen LogP) is 2.63. The van der Waals surface area contributed by atoms with Crippen LogP contribution in [-0.4, -0.2) is 70.0 Å². The van der Waals surface area contributed by atoms with Crippen LogP contribution < -0.4 is 10.6 Å². The minimum Gasteiger partial charge on any atom is -0.379 e. The van der Waals surface area contributed by atoms with Crippen molar-refractivity contribution >= 4 is 23.4 Å². The van der Waals surface area contributed by atoms with Crippen LogP contribution in [0.3, 0.4) is 0 Å². The van der Waals surface area contributed by atoms with Crippen LogP contribution >= 0.6 is 11.8 Å². The van der Waals surface area contributed by atoms with Crippen molar-refractivity contribution in [2.45, 2.75) is 42.8 Å². The van der Waals surface area contributed by atoms with Crippen molar-refractivity contribution in [1.29, 1.82) is 0 Å². The molecule has 1 unspecified atom stereocenters. The molecule has 1 aromatic carbocycles. The van der Waals surface area contributed by atoms with Gasteiger partial charge in [0.1, 0.15) is 0 Å². The van der Waals surface area contributed by atoms with Crippen molar-refractivity contribution in [3.8, 4) is 0 Å². The van der Waals surface area contributed by atoms with E-state index < -0.39 is 0 Å². The fourth-order valence-corrected chi connectivity index (χ4v) is 5.35. The molecule has 2 aromatic rings. The summed E-state index contributed by atoms with van der Waals surface area (Å²) in [5.41, 5.74) is 3.80. The van der Waals surface area contributed by atoms with E-state index in [4.69, 9.17) is 9.72 Å². The molecule has 5 rings (SSSR count). The largest absolute Gasteiger partial charge is 0.379 e. The Hall–Kier alpha value is -2.47. The summed E-state index contributed by atoms with van der Waals surface area (Å²) in [6, 6.07) is 6.97. The molecule has 2 N–H and O–H groups in total. The number of anilines is 1. The molecule has 1 fully saturated rings. The van der Waals surface area contributed by atoms with Gasteiger partial charge < -0.3 is 15.4 Å². The summed E-state index contributed by atoms with van der Waals surface area (Å²) in [5, 5.41) is 23.5. The van der Waals surface area contributed by atoms with Crippen LogP contribution in [-0.2, 0) is 17.0 Å². The number of nitro groups is 1. The lowest BCUT2D eigenvalue weighted by molar-refractivity contribution is -0.384. The van der Waals surface area contributed by atoms with Gasteiger partial charge in [-0.15, -0.1) is 5.10 Å². The maximum atomic E-state index is 10.8. The number of fused-ring (bicyclic) bond motifs is 1. The number of nitrogens with one attached hydrogen (secondary N) is 2. The zero-order valence-electron chi connectivity index (χ0n) is 18.5. The predicted molar refractivity (Wildman–Crippen MR) is 126 cm³/mol. The van der Waals surface area contributed by atoms with Gasteiger partial charge in [-0.3, -0.25) is 15.0 Å². The fourth-order valence-electron chi connectivity index (χ4n) is 4.56. The van der Waals surface area contributed by atoms with Gasteiger partial charge in [0, 0.05) is 55.8 Å². The van der Waals surface area contributed by atoms with Gasteiger partial charge in [-0.25, -0.2) is 4.68 Å². The second-order valence-electron chi connectivity index (χ2n) is 8.58. The molecule has 2 aliphatic heterocycles. The molecule has 33 heavy (non-hydrogen) atoms. The molecule has 0 spiro atoms. The Bertz CT molecular complexity index is 1020. The highest BCUT2D eigenvalue weighted by Gasteiger charge is 2.29. The molecule has 10 nitrogen and oxygen atoms in total. The molecule has 3 aliphatic rings. The van der Waals surface area contributed by atoms with Crippen LogP contribution in [0, 0.1) is 10.1 Å². The summed E-state index contributed by atoms with van der Waals surface area (Å²) in [6.07, 6.45) is 3.40. The number of nitrogens with zero attached hydrogens (tertiary/aromatic N) is 5. The molecule has 1 atom stereocenters. The highest BCUT2D eigenvalue weighted by Crippen LogP contribution is 2.32. The van der Waals surface area contributed by atoms with Gasteiger partial charge in [-0.2, -0.15) is 4.98 Å². The lowest BCUT2D eigenvalue weighted by Gasteiger charge is -2.34. The number of thioether (sulfide) groups is 1. The number of rotatable bonds is 8. The maximum Gasteiger partial charge on any atom is 0.269 e. The molecule has 176 valence electrons. The van der Waals surface area contributed by atoms with Gasteiger partial charge in [0.25, 0.3) is 5.69 Å². The van der Waals surface area contributed by atoms with Crippen LogP contribution in [0.15, 0.2) is 40.7 Å². The second-order valence-corrected chi connectivity index (χ2v) is 9.53.